The molecule has 1 aliphatic carbocycles. The summed E-state index contributed by atoms with van der Waals surface area (Å²) in [4.78, 5) is 13.8. The molecule has 0 aliphatic heterocycles. The molecular weight excluding hydrogens is 242 g/mol. The van der Waals surface area contributed by atoms with Crippen molar-refractivity contribution in [1.29, 1.82) is 0 Å². The molecular formula is C14H19N3O2. The maximum absolute atomic E-state index is 11.1. The van der Waals surface area contributed by atoms with Gasteiger partial charge in [0.15, 0.2) is 5.58 Å². The maximum atomic E-state index is 11.1. The van der Waals surface area contributed by atoms with Crippen LogP contribution in [0, 0.1) is 5.92 Å². The van der Waals surface area contributed by atoms with Crippen LogP contribution in [0.1, 0.15) is 32.1 Å². The van der Waals surface area contributed by atoms with Crippen molar-refractivity contribution in [3.8, 4) is 0 Å². The van der Waals surface area contributed by atoms with Gasteiger partial charge in [-0.1, -0.05) is 19.3 Å². The first kappa shape index (κ1) is 12.1. The number of oxazole rings is 1. The molecule has 19 heavy (non-hydrogen) atoms. The number of anilines is 2. The molecule has 1 aromatic carbocycles. The molecule has 0 amide bonds. The van der Waals surface area contributed by atoms with Gasteiger partial charge in [-0.2, -0.15) is 0 Å². The lowest BCUT2D eigenvalue weighted by atomic mass is 9.89. The summed E-state index contributed by atoms with van der Waals surface area (Å²) in [5.41, 5.74) is 8.65. The number of nitrogens with two attached hydrogens (primary N) is 1. The van der Waals surface area contributed by atoms with Crippen LogP contribution in [0.3, 0.4) is 0 Å². The Morgan fingerprint density at radius 3 is 2.89 bits per heavy atom. The van der Waals surface area contributed by atoms with Crippen molar-refractivity contribution >= 4 is 22.5 Å². The van der Waals surface area contributed by atoms with Gasteiger partial charge in [0.2, 0.25) is 0 Å². The fraction of sp³-hybridized carbons (Fsp3) is 0.500. The number of aromatic amines is 1. The summed E-state index contributed by atoms with van der Waals surface area (Å²) in [5.74, 6) is 0.283. The van der Waals surface area contributed by atoms with E-state index in [0.717, 1.165) is 18.2 Å². The molecule has 0 saturated heterocycles. The van der Waals surface area contributed by atoms with E-state index in [1.165, 1.54) is 32.1 Å². The first-order valence-corrected chi connectivity index (χ1v) is 6.88. The molecule has 0 unspecified atom stereocenters. The summed E-state index contributed by atoms with van der Waals surface area (Å²) in [5, 5.41) is 3.40. The minimum atomic E-state index is -0.446. The highest BCUT2D eigenvalue weighted by molar-refractivity contribution is 5.85. The molecule has 1 aliphatic rings. The number of benzene rings is 1. The largest absolute Gasteiger partial charge is 0.417 e. The number of nitrogen functional groups attached to an aromatic ring is 1. The van der Waals surface area contributed by atoms with Crippen molar-refractivity contribution in [2.24, 2.45) is 5.92 Å². The van der Waals surface area contributed by atoms with E-state index in [1.807, 2.05) is 6.07 Å². The fourth-order valence-corrected chi connectivity index (χ4v) is 2.81. The molecule has 5 nitrogen and oxygen atoms in total. The van der Waals surface area contributed by atoms with Crippen LogP contribution in [-0.4, -0.2) is 11.5 Å². The van der Waals surface area contributed by atoms with Crippen LogP contribution in [-0.2, 0) is 0 Å². The second-order valence-electron chi connectivity index (χ2n) is 5.34. The van der Waals surface area contributed by atoms with Crippen LogP contribution < -0.4 is 16.8 Å². The summed E-state index contributed by atoms with van der Waals surface area (Å²) < 4.78 is 4.98. The van der Waals surface area contributed by atoms with Crippen molar-refractivity contribution in [1.82, 2.24) is 4.98 Å². The van der Waals surface area contributed by atoms with Crippen molar-refractivity contribution < 1.29 is 4.42 Å². The van der Waals surface area contributed by atoms with Crippen LogP contribution in [0.25, 0.3) is 11.1 Å². The van der Waals surface area contributed by atoms with Crippen LogP contribution in [0.4, 0.5) is 11.4 Å². The smallest absolute Gasteiger partial charge is 0.408 e. The maximum Gasteiger partial charge on any atom is 0.417 e. The zero-order valence-corrected chi connectivity index (χ0v) is 10.9. The van der Waals surface area contributed by atoms with Gasteiger partial charge in [-0.3, -0.25) is 4.98 Å². The summed E-state index contributed by atoms with van der Waals surface area (Å²) >= 11 is 0. The Balaban J connectivity index is 1.76. The highest BCUT2D eigenvalue weighted by Crippen LogP contribution is 2.27. The van der Waals surface area contributed by atoms with Gasteiger partial charge in [0, 0.05) is 12.6 Å². The molecule has 102 valence electrons. The fourth-order valence-electron chi connectivity index (χ4n) is 2.81. The Bertz CT molecular complexity index is 623. The van der Waals surface area contributed by atoms with Crippen LogP contribution in [0.5, 0.6) is 0 Å². The van der Waals surface area contributed by atoms with Gasteiger partial charge in [-0.15, -0.1) is 0 Å². The predicted molar refractivity (Wildman–Crippen MR) is 76.3 cm³/mol. The van der Waals surface area contributed by atoms with Crippen LogP contribution in [0.2, 0.25) is 0 Å². The number of aromatic nitrogens is 1. The van der Waals surface area contributed by atoms with E-state index in [0.29, 0.717) is 16.8 Å². The van der Waals surface area contributed by atoms with E-state index in [9.17, 15) is 4.79 Å². The molecule has 0 atom stereocenters. The van der Waals surface area contributed by atoms with Gasteiger partial charge < -0.3 is 15.5 Å². The monoisotopic (exact) mass is 261 g/mol. The minimum absolute atomic E-state index is 0.446. The molecule has 0 radical (unpaired) electrons. The number of hydrogen-bond donors (Lipinski definition) is 3. The highest BCUT2D eigenvalue weighted by Gasteiger charge is 2.14. The molecule has 1 heterocycles. The SMILES string of the molecule is Nc1cc2oc(=O)[nH]c2cc1NCC1CCCCC1. The van der Waals surface area contributed by atoms with E-state index < -0.39 is 5.76 Å². The standard InChI is InChI=1S/C14H19N3O2/c15-10-6-13-12(17-14(18)19-13)7-11(10)16-8-9-4-2-1-3-5-9/h6-7,9,16H,1-5,8,15H2,(H,17,18). The van der Waals surface area contributed by atoms with Crippen molar-refractivity contribution in [3.63, 3.8) is 0 Å². The Hall–Kier alpha value is -1.91. The van der Waals surface area contributed by atoms with E-state index in [4.69, 9.17) is 10.2 Å². The Morgan fingerprint density at radius 1 is 1.32 bits per heavy atom. The summed E-state index contributed by atoms with van der Waals surface area (Å²) in [6, 6.07) is 3.54. The Labute approximate surface area is 111 Å². The predicted octanol–water partition coefficient (Wildman–Crippen LogP) is 2.70. The van der Waals surface area contributed by atoms with Crippen LogP contribution in [0.15, 0.2) is 21.3 Å². The van der Waals surface area contributed by atoms with Gasteiger partial charge in [0.1, 0.15) is 0 Å². The molecule has 1 fully saturated rings. The van der Waals surface area contributed by atoms with E-state index in [-0.39, 0.29) is 0 Å². The topological polar surface area (TPSA) is 84.0 Å². The molecule has 0 bridgehead atoms. The molecule has 0 spiro atoms. The van der Waals surface area contributed by atoms with E-state index >= 15 is 0 Å². The van der Waals surface area contributed by atoms with Crippen molar-refractivity contribution in [2.75, 3.05) is 17.6 Å². The number of rotatable bonds is 3. The number of hydrogen-bond acceptors (Lipinski definition) is 4. The molecule has 3 rings (SSSR count). The van der Waals surface area contributed by atoms with Gasteiger partial charge in [0.25, 0.3) is 0 Å². The van der Waals surface area contributed by atoms with Gasteiger partial charge in [-0.05, 0) is 24.8 Å². The van der Waals surface area contributed by atoms with E-state index in [2.05, 4.69) is 10.3 Å². The van der Waals surface area contributed by atoms with Gasteiger partial charge in [0.05, 0.1) is 16.9 Å². The third-order valence-electron chi connectivity index (χ3n) is 3.90. The average molecular weight is 261 g/mol. The quantitative estimate of drug-likeness (QED) is 0.742. The average Bonchev–Trinajstić information content (AvgIpc) is 2.76. The third-order valence-corrected chi connectivity index (χ3v) is 3.90. The second kappa shape index (κ2) is 4.99. The first-order chi connectivity index (χ1) is 9.22. The lowest BCUT2D eigenvalue weighted by Crippen LogP contribution is -2.17. The molecule has 5 heteroatoms. The minimum Gasteiger partial charge on any atom is -0.408 e. The second-order valence-corrected chi connectivity index (χ2v) is 5.34. The van der Waals surface area contributed by atoms with Crippen molar-refractivity contribution in [3.05, 3.63) is 22.7 Å². The van der Waals surface area contributed by atoms with Crippen molar-refractivity contribution in [2.45, 2.75) is 32.1 Å². The van der Waals surface area contributed by atoms with Gasteiger partial charge in [-0.25, -0.2) is 4.79 Å². The summed E-state index contributed by atoms with van der Waals surface area (Å²) in [7, 11) is 0. The van der Waals surface area contributed by atoms with Gasteiger partial charge >= 0.3 is 5.76 Å². The zero-order chi connectivity index (χ0) is 13.2. The molecule has 2 aromatic rings. The highest BCUT2D eigenvalue weighted by atomic mass is 16.4. The number of fused-ring (bicyclic) bond motifs is 1. The zero-order valence-electron chi connectivity index (χ0n) is 10.9. The lowest BCUT2D eigenvalue weighted by molar-refractivity contribution is 0.373. The normalized spacial score (nSPS) is 16.8. The Morgan fingerprint density at radius 2 is 2.11 bits per heavy atom. The van der Waals surface area contributed by atoms with Crippen LogP contribution >= 0.6 is 0 Å². The number of H-pyrrole nitrogens is 1. The summed E-state index contributed by atoms with van der Waals surface area (Å²) in [6.07, 6.45) is 6.60. The molecule has 1 saturated carbocycles. The Kier molecular flexibility index (Phi) is 3.19. The lowest BCUT2D eigenvalue weighted by Gasteiger charge is -2.22. The third kappa shape index (κ3) is 2.59. The first-order valence-electron chi connectivity index (χ1n) is 6.88. The summed E-state index contributed by atoms with van der Waals surface area (Å²) in [6.45, 7) is 0.942. The number of nitrogens with one attached hydrogen (secondary N) is 2. The van der Waals surface area contributed by atoms with E-state index in [1.54, 1.807) is 6.07 Å². The molecule has 4 N–H and O–H groups in total. The molecule has 1 aromatic heterocycles.